The van der Waals surface area contributed by atoms with Crippen molar-refractivity contribution in [3.05, 3.63) is 144 Å². The van der Waals surface area contributed by atoms with Gasteiger partial charge in [-0.3, -0.25) is 37.6 Å². The van der Waals surface area contributed by atoms with Crippen LogP contribution in [0.1, 0.15) is 95.1 Å². The van der Waals surface area contributed by atoms with Crippen molar-refractivity contribution in [2.45, 2.75) is 129 Å². The number of amides is 1. The summed E-state index contributed by atoms with van der Waals surface area (Å²) in [5.74, 6) is -1.99. The number of benzene rings is 4. The van der Waals surface area contributed by atoms with Gasteiger partial charge in [-0.1, -0.05) is 72.8 Å². The Labute approximate surface area is 510 Å². The summed E-state index contributed by atoms with van der Waals surface area (Å²) < 4.78 is 97.9. The molecule has 2 saturated heterocycles. The van der Waals surface area contributed by atoms with Crippen LogP contribution in [0.3, 0.4) is 0 Å². The van der Waals surface area contributed by atoms with E-state index in [2.05, 4.69) is 20.3 Å². The Morgan fingerprint density at radius 1 is 0.659 bits per heavy atom. The summed E-state index contributed by atoms with van der Waals surface area (Å²) in [4.78, 5) is 75.9. The number of rotatable bonds is 29. The number of nitrogens with zero attached hydrogens (tertiary/aromatic N) is 5. The summed E-state index contributed by atoms with van der Waals surface area (Å²) in [6.45, 7) is 10.7. The highest BCUT2D eigenvalue weighted by Crippen LogP contribution is 2.57. The van der Waals surface area contributed by atoms with Gasteiger partial charge in [-0.25, -0.2) is 24.2 Å². The summed E-state index contributed by atoms with van der Waals surface area (Å²) >= 11 is 0. The monoisotopic (exact) mass is 1240 g/mol. The van der Waals surface area contributed by atoms with Crippen molar-refractivity contribution in [3.8, 4) is 11.5 Å². The number of hydrogen-bond acceptors (Lipinski definition) is 22. The fourth-order valence-electron chi connectivity index (χ4n) is 10.7. The van der Waals surface area contributed by atoms with Crippen molar-refractivity contribution < 1.29 is 89.7 Å². The number of nitrogens with one attached hydrogen (secondary N) is 1. The van der Waals surface area contributed by atoms with Crippen LogP contribution in [-0.2, 0) is 81.0 Å². The normalized spacial score (nSPS) is 21.0. The molecular formula is C62H75N6O19P. The number of imidazole rings is 1. The third-order valence-electron chi connectivity index (χ3n) is 14.3. The molecule has 0 radical (unpaired) electrons. The predicted octanol–water partition coefficient (Wildman–Crippen LogP) is 8.14. The van der Waals surface area contributed by atoms with E-state index in [1.807, 2.05) is 113 Å². The first kappa shape index (κ1) is 66.2. The summed E-state index contributed by atoms with van der Waals surface area (Å²) in [5.41, 5.74) is 2.02. The first-order chi connectivity index (χ1) is 42.2. The third kappa shape index (κ3) is 16.1. The number of carbonyl (C=O) groups excluding carboxylic acids is 5. The lowest BCUT2D eigenvalue weighted by molar-refractivity contribution is -0.309. The molecule has 4 heterocycles. The van der Waals surface area contributed by atoms with Crippen molar-refractivity contribution in [3.63, 3.8) is 0 Å². The van der Waals surface area contributed by atoms with Crippen molar-refractivity contribution in [2.75, 3.05) is 59.2 Å². The second-order valence-electron chi connectivity index (χ2n) is 21.1. The quantitative estimate of drug-likeness (QED) is 0.0152. The van der Waals surface area contributed by atoms with Gasteiger partial charge in [0.15, 0.2) is 41.6 Å². The average molecular weight is 1240 g/mol. The zero-order valence-electron chi connectivity index (χ0n) is 50.7. The molecular weight excluding hydrogens is 1160 g/mol. The minimum Gasteiger partial charge on any atom is -0.497 e. The van der Waals surface area contributed by atoms with E-state index < -0.39 is 98.9 Å². The zero-order valence-corrected chi connectivity index (χ0v) is 51.6. The van der Waals surface area contributed by atoms with Crippen LogP contribution in [-0.4, -0.2) is 163 Å². The number of esters is 4. The van der Waals surface area contributed by atoms with Crippen molar-refractivity contribution >= 4 is 54.5 Å². The van der Waals surface area contributed by atoms with Crippen molar-refractivity contribution in [2.24, 2.45) is 0 Å². The minimum atomic E-state index is -4.37. The number of hydrogen-bond donors (Lipinski definition) is 1. The Balaban J connectivity index is 1.08. The number of ether oxygens (including phenoxy) is 11. The van der Waals surface area contributed by atoms with E-state index in [1.165, 1.54) is 19.6 Å². The molecule has 0 bridgehead atoms. The molecule has 88 heavy (non-hydrogen) atoms. The van der Waals surface area contributed by atoms with Crippen LogP contribution >= 0.6 is 7.75 Å². The fraction of sp³-hybridized carbons (Fsp3) is 0.452. The van der Waals surface area contributed by atoms with Gasteiger partial charge >= 0.3 is 31.6 Å². The Morgan fingerprint density at radius 3 is 1.81 bits per heavy atom. The molecule has 9 atom stereocenters. The maximum atomic E-state index is 15.9. The molecule has 4 aromatic carbocycles. The van der Waals surface area contributed by atoms with E-state index in [4.69, 9.17) is 61.2 Å². The van der Waals surface area contributed by atoms with Gasteiger partial charge in [0.1, 0.15) is 54.6 Å². The Morgan fingerprint density at radius 2 is 1.23 bits per heavy atom. The van der Waals surface area contributed by atoms with E-state index in [9.17, 15) is 24.0 Å². The van der Waals surface area contributed by atoms with E-state index in [-0.39, 0.29) is 62.9 Å². The van der Waals surface area contributed by atoms with Crippen LogP contribution in [0.2, 0.25) is 0 Å². The number of methoxy groups -OCH3 is 2. The maximum absolute atomic E-state index is 15.9. The highest BCUT2D eigenvalue weighted by atomic mass is 31.2. The van der Waals surface area contributed by atoms with Gasteiger partial charge < -0.3 is 57.4 Å². The predicted molar refractivity (Wildman–Crippen MR) is 316 cm³/mol. The Hall–Kier alpha value is -7.71. The molecule has 6 aromatic rings. The van der Waals surface area contributed by atoms with Gasteiger partial charge in [-0.15, -0.1) is 0 Å². The average Bonchev–Trinajstić information content (AvgIpc) is 1.22. The van der Waals surface area contributed by atoms with Crippen LogP contribution in [0, 0.1) is 0 Å². The molecule has 8 rings (SSSR count). The van der Waals surface area contributed by atoms with E-state index in [0.29, 0.717) is 22.7 Å². The zero-order chi connectivity index (χ0) is 63.1. The molecule has 25 nitrogen and oxygen atoms in total. The minimum absolute atomic E-state index is 0.0725. The third-order valence-corrected chi connectivity index (χ3v) is 16.8. The lowest BCUT2D eigenvalue weighted by atomic mass is 9.80. The fourth-order valence-corrected chi connectivity index (χ4v) is 13.0. The molecule has 0 aliphatic carbocycles. The number of fused-ring (bicyclic) bond motifs is 1. The summed E-state index contributed by atoms with van der Waals surface area (Å²) in [6.07, 6.45) is -6.82. The van der Waals surface area contributed by atoms with Crippen LogP contribution < -0.4 is 14.8 Å². The largest absolute Gasteiger partial charge is 0.497 e. The summed E-state index contributed by atoms with van der Waals surface area (Å²) in [7, 11) is -1.18. The molecule has 472 valence electrons. The van der Waals surface area contributed by atoms with E-state index in [1.54, 1.807) is 47.7 Å². The van der Waals surface area contributed by atoms with Crippen molar-refractivity contribution in [1.82, 2.24) is 24.2 Å². The molecule has 1 amide bonds. The molecule has 1 N–H and O–H groups in total. The van der Waals surface area contributed by atoms with E-state index in [0.717, 1.165) is 37.5 Å². The second-order valence-corrected chi connectivity index (χ2v) is 23.0. The van der Waals surface area contributed by atoms with Gasteiger partial charge in [-0.05, 0) is 80.8 Å². The highest BCUT2D eigenvalue weighted by molar-refractivity contribution is 7.51. The molecule has 0 saturated carbocycles. The van der Waals surface area contributed by atoms with Crippen LogP contribution in [0.15, 0.2) is 122 Å². The molecule has 26 heteroatoms. The van der Waals surface area contributed by atoms with Gasteiger partial charge in [0.2, 0.25) is 0 Å². The van der Waals surface area contributed by atoms with Gasteiger partial charge in [0.05, 0.1) is 53.6 Å². The highest BCUT2D eigenvalue weighted by Gasteiger charge is 2.53. The lowest BCUT2D eigenvalue weighted by Crippen LogP contribution is -2.63. The maximum Gasteiger partial charge on any atom is 0.409 e. The number of carbonyl (C=O) groups is 5. The number of aromatic nitrogens is 4. The summed E-state index contributed by atoms with van der Waals surface area (Å²) in [5, 5.41) is 2.86. The van der Waals surface area contributed by atoms with Crippen LogP contribution in [0.25, 0.3) is 11.2 Å². The molecule has 0 spiro atoms. The van der Waals surface area contributed by atoms with Crippen LogP contribution in [0.5, 0.6) is 11.5 Å². The van der Waals surface area contributed by atoms with Gasteiger partial charge in [0, 0.05) is 51.8 Å². The van der Waals surface area contributed by atoms with Crippen LogP contribution in [0.4, 0.5) is 5.82 Å². The Bertz CT molecular complexity index is 3280. The Kier molecular flexibility index (Phi) is 22.9. The first-order valence-corrected chi connectivity index (χ1v) is 30.1. The topological polar surface area (TPSA) is 281 Å². The molecule has 2 fully saturated rings. The van der Waals surface area contributed by atoms with Gasteiger partial charge in [0.25, 0.3) is 5.91 Å². The summed E-state index contributed by atoms with van der Waals surface area (Å²) in [6, 6.07) is 32.8. The van der Waals surface area contributed by atoms with Crippen molar-refractivity contribution in [1.29, 1.82) is 0 Å². The molecule has 2 aliphatic rings. The molecule has 1 unspecified atom stereocenters. The first-order valence-electron chi connectivity index (χ1n) is 28.6. The van der Waals surface area contributed by atoms with E-state index >= 15 is 4.57 Å². The number of anilines is 1. The second kappa shape index (κ2) is 30.5. The standard InChI is InChI=1S/C62H75N6O19P/c1-38(2)68(39(3)4)88(74,81-32-30-77-29-31-78-61-57(84-43(8)72)56(83-42(7)71)55(82-41(6)70)52(86-61)34-79-40(5)69)87-50-33-53(67-37-65-54-58(63-36-64-59(54)67)66-60(73)44-17-13-11-14-18-44)85-51(50)35-80-62(45-19-15-12-16-20-45,46-21-25-48(75-9)26-22-46)47-23-27-49(76-10)28-24-47/h11-28,36-39,50-53,55-57,61H,29-35H2,1-10H3,(H,63,64,66,73)/t50-,51+,52+,53+,55+,56-,57+,61+,88?/m0/s1. The smallest absolute Gasteiger partial charge is 0.409 e. The lowest BCUT2D eigenvalue weighted by Gasteiger charge is -2.44. The molecule has 2 aliphatic heterocycles. The molecule has 2 aromatic heterocycles. The SMILES string of the molecule is COc1ccc(C(OC[C@H]2O[C@@H](n3cnc4c(NC(=O)c5ccccc5)ncnc43)C[C@@H]2OP(=O)(OCCOCCO[C@@H]2O[C@H](COC(C)=O)[C@@H](OC(C)=O)[C@H](OC(C)=O)[C@H]2OC(C)=O)N(C(C)C)C(C)C)(c2ccccc2)c2ccc(OC)cc2)cc1. The van der Waals surface area contributed by atoms with Gasteiger partial charge in [-0.2, -0.15) is 0 Å².